The first-order chi connectivity index (χ1) is 17.2. The lowest BCUT2D eigenvalue weighted by molar-refractivity contribution is -0.143. The fraction of sp³-hybridized carbons (Fsp3) is 0.483. The van der Waals surface area contributed by atoms with Gasteiger partial charge in [-0.1, -0.05) is 51.1 Å². The molecule has 0 bridgehead atoms. The van der Waals surface area contributed by atoms with Crippen LogP contribution in [0.2, 0.25) is 0 Å². The van der Waals surface area contributed by atoms with Crippen LogP contribution in [0.4, 0.5) is 5.69 Å². The summed E-state index contributed by atoms with van der Waals surface area (Å²) in [6.45, 7) is 8.63. The van der Waals surface area contributed by atoms with Crippen molar-refractivity contribution in [1.82, 2.24) is 9.80 Å². The number of ether oxygens (including phenoxy) is 1. The summed E-state index contributed by atoms with van der Waals surface area (Å²) >= 11 is 0. The molecule has 0 aliphatic carbocycles. The van der Waals surface area contributed by atoms with Gasteiger partial charge in [0.25, 0.3) is 5.91 Å². The van der Waals surface area contributed by atoms with Gasteiger partial charge in [0.15, 0.2) is 0 Å². The third-order valence-electron chi connectivity index (χ3n) is 6.96. The van der Waals surface area contributed by atoms with Crippen molar-refractivity contribution < 1.29 is 19.1 Å². The van der Waals surface area contributed by atoms with Crippen molar-refractivity contribution in [3.63, 3.8) is 0 Å². The zero-order valence-corrected chi connectivity index (χ0v) is 21.8. The summed E-state index contributed by atoms with van der Waals surface area (Å²) in [5.74, 6) is 0.00904. The minimum absolute atomic E-state index is 0.0188. The Hall–Kier alpha value is -3.19. The Morgan fingerprint density at radius 1 is 1.00 bits per heavy atom. The lowest BCUT2D eigenvalue weighted by atomic mass is 9.90. The Balaban J connectivity index is 1.52. The summed E-state index contributed by atoms with van der Waals surface area (Å²) in [6.07, 6.45) is 1.91. The predicted molar refractivity (Wildman–Crippen MR) is 140 cm³/mol. The molecule has 0 radical (unpaired) electrons. The third-order valence-corrected chi connectivity index (χ3v) is 6.96. The number of rotatable bonds is 7. The van der Waals surface area contributed by atoms with E-state index >= 15 is 0 Å². The molecular weight excluding hydrogens is 454 g/mol. The van der Waals surface area contributed by atoms with E-state index in [1.165, 1.54) is 10.5 Å². The highest BCUT2D eigenvalue weighted by atomic mass is 16.5. The topological polar surface area (TPSA) is 70.2 Å². The zero-order valence-electron chi connectivity index (χ0n) is 21.8. The molecule has 192 valence electrons. The molecular formula is C29H37N3O4. The summed E-state index contributed by atoms with van der Waals surface area (Å²) in [6, 6.07) is 16.4. The summed E-state index contributed by atoms with van der Waals surface area (Å²) in [4.78, 5) is 45.6. The van der Waals surface area contributed by atoms with E-state index in [1.54, 1.807) is 36.3 Å². The number of benzene rings is 2. The standard InChI is InChI=1S/C29H37N3O4/c1-29(2,3)19-27(34)31(23-14-16-30(17-15-23)20-21-8-6-5-7-9-21)25-18-26(33)32(28(25)35)22-10-12-24(36-4)13-11-22/h5-13,23,25H,14-20H2,1-4H3. The van der Waals surface area contributed by atoms with Crippen LogP contribution < -0.4 is 9.64 Å². The van der Waals surface area contributed by atoms with Crippen LogP contribution in [0.1, 0.15) is 52.0 Å². The van der Waals surface area contributed by atoms with Gasteiger partial charge in [0.05, 0.1) is 19.2 Å². The summed E-state index contributed by atoms with van der Waals surface area (Å²) < 4.78 is 5.20. The largest absolute Gasteiger partial charge is 0.497 e. The molecule has 2 fully saturated rings. The van der Waals surface area contributed by atoms with E-state index in [0.29, 0.717) is 17.9 Å². The van der Waals surface area contributed by atoms with Crippen LogP contribution in [0.3, 0.4) is 0 Å². The van der Waals surface area contributed by atoms with Crippen molar-refractivity contribution >= 4 is 23.4 Å². The van der Waals surface area contributed by atoms with Crippen LogP contribution in [-0.4, -0.2) is 59.8 Å². The van der Waals surface area contributed by atoms with Gasteiger partial charge < -0.3 is 9.64 Å². The Morgan fingerprint density at radius 3 is 2.22 bits per heavy atom. The number of piperidine rings is 1. The Kier molecular flexibility index (Phi) is 7.79. The number of methoxy groups -OCH3 is 1. The monoisotopic (exact) mass is 491 g/mol. The van der Waals surface area contributed by atoms with Crippen molar-refractivity contribution in [2.75, 3.05) is 25.1 Å². The van der Waals surface area contributed by atoms with Gasteiger partial charge in [-0.05, 0) is 48.1 Å². The van der Waals surface area contributed by atoms with Gasteiger partial charge in [-0.3, -0.25) is 19.3 Å². The van der Waals surface area contributed by atoms with Gasteiger partial charge in [0, 0.05) is 32.1 Å². The number of carbonyl (C=O) groups is 3. The van der Waals surface area contributed by atoms with Crippen molar-refractivity contribution in [3.8, 4) is 5.75 Å². The van der Waals surface area contributed by atoms with Crippen LogP contribution in [0, 0.1) is 5.41 Å². The predicted octanol–water partition coefficient (Wildman–Crippen LogP) is 4.26. The molecule has 2 aromatic carbocycles. The van der Waals surface area contributed by atoms with Crippen LogP contribution >= 0.6 is 0 Å². The number of hydrogen-bond donors (Lipinski definition) is 0. The normalized spacial score (nSPS) is 19.6. The summed E-state index contributed by atoms with van der Waals surface area (Å²) in [5.41, 5.74) is 1.56. The minimum Gasteiger partial charge on any atom is -0.497 e. The molecule has 1 atom stereocenters. The smallest absolute Gasteiger partial charge is 0.257 e. The van der Waals surface area contributed by atoms with Gasteiger partial charge in [0.1, 0.15) is 11.8 Å². The Bertz CT molecular complexity index is 1070. The van der Waals surface area contributed by atoms with Gasteiger partial charge in [0.2, 0.25) is 11.8 Å². The van der Waals surface area contributed by atoms with Gasteiger partial charge in [-0.15, -0.1) is 0 Å². The second-order valence-electron chi connectivity index (χ2n) is 11.0. The number of likely N-dealkylation sites (tertiary alicyclic amines) is 1. The summed E-state index contributed by atoms with van der Waals surface area (Å²) in [5, 5.41) is 0. The fourth-order valence-electron chi connectivity index (χ4n) is 5.21. The molecule has 0 aromatic heterocycles. The fourth-order valence-corrected chi connectivity index (χ4v) is 5.21. The lowest BCUT2D eigenvalue weighted by Crippen LogP contribution is -2.54. The third kappa shape index (κ3) is 5.95. The summed E-state index contributed by atoms with van der Waals surface area (Å²) in [7, 11) is 1.57. The molecule has 1 unspecified atom stereocenters. The SMILES string of the molecule is COc1ccc(N2C(=O)CC(N(C(=O)CC(C)(C)C)C3CCN(Cc4ccccc4)CC3)C2=O)cc1. The van der Waals surface area contributed by atoms with Crippen LogP contribution in [0.25, 0.3) is 0 Å². The van der Waals surface area contributed by atoms with E-state index in [4.69, 9.17) is 4.74 Å². The number of hydrogen-bond acceptors (Lipinski definition) is 5. The van der Waals surface area contributed by atoms with Gasteiger partial charge in [-0.2, -0.15) is 0 Å². The van der Waals surface area contributed by atoms with Gasteiger partial charge >= 0.3 is 0 Å². The van der Waals surface area contributed by atoms with Crippen molar-refractivity contribution in [2.24, 2.45) is 5.41 Å². The average molecular weight is 492 g/mol. The van der Waals surface area contributed by atoms with Crippen molar-refractivity contribution in [3.05, 3.63) is 60.2 Å². The van der Waals surface area contributed by atoms with Crippen molar-refractivity contribution in [1.29, 1.82) is 0 Å². The maximum absolute atomic E-state index is 13.6. The van der Waals surface area contributed by atoms with Gasteiger partial charge in [-0.25, -0.2) is 4.90 Å². The number of amides is 3. The molecule has 36 heavy (non-hydrogen) atoms. The van der Waals surface area contributed by atoms with E-state index in [-0.39, 0.29) is 35.6 Å². The molecule has 0 saturated carbocycles. The highest BCUT2D eigenvalue weighted by Crippen LogP contribution is 2.32. The minimum atomic E-state index is -0.764. The number of carbonyl (C=O) groups excluding carboxylic acids is 3. The first-order valence-corrected chi connectivity index (χ1v) is 12.7. The maximum atomic E-state index is 13.6. The highest BCUT2D eigenvalue weighted by molar-refractivity contribution is 6.23. The Morgan fingerprint density at radius 2 is 1.64 bits per heavy atom. The van der Waals surface area contributed by atoms with E-state index in [9.17, 15) is 14.4 Å². The highest BCUT2D eigenvalue weighted by Gasteiger charge is 2.47. The first-order valence-electron chi connectivity index (χ1n) is 12.7. The lowest BCUT2D eigenvalue weighted by Gasteiger charge is -2.41. The maximum Gasteiger partial charge on any atom is 0.257 e. The molecule has 2 aliphatic heterocycles. The van der Waals surface area contributed by atoms with E-state index in [0.717, 1.165) is 32.5 Å². The molecule has 0 N–H and O–H groups in total. The second-order valence-corrected chi connectivity index (χ2v) is 11.0. The molecule has 7 heteroatoms. The average Bonchev–Trinajstić information content (AvgIpc) is 3.13. The van der Waals surface area contributed by atoms with Crippen molar-refractivity contribution in [2.45, 2.75) is 65.1 Å². The molecule has 0 spiro atoms. The molecule has 2 aromatic rings. The first kappa shape index (κ1) is 25.9. The molecule has 2 heterocycles. The second kappa shape index (κ2) is 10.8. The number of nitrogens with zero attached hydrogens (tertiary/aromatic N) is 3. The zero-order chi connectivity index (χ0) is 25.9. The molecule has 3 amide bonds. The van der Waals surface area contributed by atoms with Crippen LogP contribution in [0.15, 0.2) is 54.6 Å². The number of imide groups is 1. The van der Waals surface area contributed by atoms with E-state index in [1.807, 2.05) is 39.0 Å². The quantitative estimate of drug-likeness (QED) is 0.542. The van der Waals surface area contributed by atoms with E-state index < -0.39 is 6.04 Å². The van der Waals surface area contributed by atoms with Crippen LogP contribution in [0.5, 0.6) is 5.75 Å². The number of anilines is 1. The Labute approximate surface area is 214 Å². The van der Waals surface area contributed by atoms with E-state index in [2.05, 4.69) is 17.0 Å². The molecule has 2 saturated heterocycles. The molecule has 4 rings (SSSR count). The molecule has 2 aliphatic rings. The molecule has 7 nitrogen and oxygen atoms in total. The van der Waals surface area contributed by atoms with Crippen LogP contribution in [-0.2, 0) is 20.9 Å².